The molecule has 28 heavy (non-hydrogen) atoms. The van der Waals surface area contributed by atoms with Crippen molar-refractivity contribution < 1.29 is 4.79 Å². The van der Waals surface area contributed by atoms with E-state index in [1.807, 2.05) is 54.9 Å². The Morgan fingerprint density at radius 2 is 1.71 bits per heavy atom. The zero-order chi connectivity index (χ0) is 19.9. The van der Waals surface area contributed by atoms with Gasteiger partial charge in [0.25, 0.3) is 5.91 Å². The normalized spacial score (nSPS) is 11.5. The van der Waals surface area contributed by atoms with Crippen LogP contribution in [0.2, 0.25) is 0 Å². The quantitative estimate of drug-likeness (QED) is 0.376. The van der Waals surface area contributed by atoms with Gasteiger partial charge in [0.1, 0.15) is 6.33 Å². The minimum Gasteiger partial charge on any atom is -0.312 e. The van der Waals surface area contributed by atoms with E-state index in [0.29, 0.717) is 5.56 Å². The van der Waals surface area contributed by atoms with Crippen molar-refractivity contribution in [3.05, 3.63) is 77.1 Å². The lowest BCUT2D eigenvalue weighted by Gasteiger charge is -2.05. The van der Waals surface area contributed by atoms with Crippen LogP contribution in [-0.2, 0) is 19.2 Å². The summed E-state index contributed by atoms with van der Waals surface area (Å²) in [5.74, 6) is 0.538. The number of rotatable bonds is 7. The maximum Gasteiger partial charge on any atom is 0.271 e. The number of carbonyl (C=O) groups excluding carboxylic acids is 1. The molecular weight excluding hydrogens is 370 g/mol. The fourth-order valence-corrected chi connectivity index (χ4v) is 3.39. The number of hydrogen-bond acceptors (Lipinski definition) is 5. The summed E-state index contributed by atoms with van der Waals surface area (Å²) in [6.45, 7) is 4.00. The van der Waals surface area contributed by atoms with E-state index in [1.54, 1.807) is 18.1 Å². The van der Waals surface area contributed by atoms with Crippen molar-refractivity contribution in [3.8, 4) is 0 Å². The summed E-state index contributed by atoms with van der Waals surface area (Å²) in [6, 6.07) is 15.7. The summed E-state index contributed by atoms with van der Waals surface area (Å²) in [5.41, 5.74) is 7.36. The number of amides is 1. The number of benzene rings is 2. The smallest absolute Gasteiger partial charge is 0.271 e. The Kier molecular flexibility index (Phi) is 6.60. The van der Waals surface area contributed by atoms with Crippen LogP contribution >= 0.6 is 11.8 Å². The third-order valence-corrected chi connectivity index (χ3v) is 5.46. The second kappa shape index (κ2) is 9.32. The van der Waals surface area contributed by atoms with Crippen LogP contribution in [0.25, 0.3) is 0 Å². The van der Waals surface area contributed by atoms with Gasteiger partial charge in [0.05, 0.1) is 5.71 Å². The van der Waals surface area contributed by atoms with E-state index < -0.39 is 0 Å². The van der Waals surface area contributed by atoms with Crippen LogP contribution in [0, 0.1) is 0 Å². The van der Waals surface area contributed by atoms with E-state index in [-0.39, 0.29) is 5.91 Å². The Bertz CT molecular complexity index is 961. The van der Waals surface area contributed by atoms with E-state index >= 15 is 0 Å². The molecule has 7 heteroatoms. The van der Waals surface area contributed by atoms with Gasteiger partial charge in [0.15, 0.2) is 5.16 Å². The minimum absolute atomic E-state index is 0.225. The lowest BCUT2D eigenvalue weighted by molar-refractivity contribution is 0.0955. The molecule has 0 radical (unpaired) electrons. The predicted molar refractivity (Wildman–Crippen MR) is 113 cm³/mol. The number of nitrogens with one attached hydrogen (secondary N) is 1. The maximum atomic E-state index is 12.3. The van der Waals surface area contributed by atoms with Gasteiger partial charge in [-0.05, 0) is 42.2 Å². The second-order valence-corrected chi connectivity index (χ2v) is 7.34. The molecule has 3 aromatic rings. The lowest BCUT2D eigenvalue weighted by Crippen LogP contribution is -2.19. The second-order valence-electron chi connectivity index (χ2n) is 6.40. The highest BCUT2D eigenvalue weighted by Gasteiger charge is 2.07. The highest BCUT2D eigenvalue weighted by Crippen LogP contribution is 2.20. The van der Waals surface area contributed by atoms with Gasteiger partial charge in [0, 0.05) is 18.4 Å². The molecular formula is C21H23N5OS. The largest absolute Gasteiger partial charge is 0.312 e. The number of hydrazone groups is 1. The first kappa shape index (κ1) is 19.8. The van der Waals surface area contributed by atoms with Crippen molar-refractivity contribution in [2.45, 2.75) is 31.2 Å². The van der Waals surface area contributed by atoms with Crippen LogP contribution in [0.4, 0.5) is 0 Å². The Labute approximate surface area is 169 Å². The zero-order valence-electron chi connectivity index (χ0n) is 16.2. The van der Waals surface area contributed by atoms with Crippen LogP contribution in [0.5, 0.6) is 0 Å². The van der Waals surface area contributed by atoms with Crippen molar-refractivity contribution in [3.63, 3.8) is 0 Å². The molecule has 1 N–H and O–H groups in total. The summed E-state index contributed by atoms with van der Waals surface area (Å²) in [5, 5.41) is 13.0. The molecule has 144 valence electrons. The highest BCUT2D eigenvalue weighted by atomic mass is 32.2. The fourth-order valence-electron chi connectivity index (χ4n) is 2.55. The van der Waals surface area contributed by atoms with Gasteiger partial charge in [-0.3, -0.25) is 4.79 Å². The Balaban J connectivity index is 1.57. The number of thioether (sulfide) groups is 1. The van der Waals surface area contributed by atoms with Crippen LogP contribution in [-0.4, -0.2) is 26.4 Å². The molecule has 0 atom stereocenters. The molecule has 0 bridgehead atoms. The summed E-state index contributed by atoms with van der Waals surface area (Å²) in [6.07, 6.45) is 2.68. The number of carbonyl (C=O) groups is 1. The van der Waals surface area contributed by atoms with Gasteiger partial charge >= 0.3 is 0 Å². The maximum absolute atomic E-state index is 12.3. The number of aromatic nitrogens is 3. The number of hydrogen-bond donors (Lipinski definition) is 1. The molecule has 6 nitrogen and oxygen atoms in total. The lowest BCUT2D eigenvalue weighted by atomic mass is 10.1. The molecule has 0 aliphatic heterocycles. The molecule has 1 amide bonds. The molecule has 3 rings (SSSR count). The molecule has 0 aliphatic carbocycles. The van der Waals surface area contributed by atoms with Crippen molar-refractivity contribution in [2.24, 2.45) is 12.1 Å². The first-order chi connectivity index (χ1) is 13.6. The van der Waals surface area contributed by atoms with Gasteiger partial charge in [0.2, 0.25) is 0 Å². The summed E-state index contributed by atoms with van der Waals surface area (Å²) >= 11 is 1.60. The van der Waals surface area contributed by atoms with Crippen LogP contribution in [0.15, 0.2) is 65.1 Å². The summed E-state index contributed by atoms with van der Waals surface area (Å²) < 4.78 is 1.88. The van der Waals surface area contributed by atoms with Crippen LogP contribution in [0.1, 0.15) is 40.9 Å². The van der Waals surface area contributed by atoms with E-state index in [0.717, 1.165) is 34.2 Å². The Morgan fingerprint density at radius 1 is 1.07 bits per heavy atom. The van der Waals surface area contributed by atoms with E-state index in [9.17, 15) is 4.79 Å². The Morgan fingerprint density at radius 3 is 2.32 bits per heavy atom. The topological polar surface area (TPSA) is 72.2 Å². The molecule has 0 saturated heterocycles. The average Bonchev–Trinajstić information content (AvgIpc) is 3.15. The van der Waals surface area contributed by atoms with Gasteiger partial charge in [-0.15, -0.1) is 10.2 Å². The monoisotopic (exact) mass is 393 g/mol. The first-order valence-electron chi connectivity index (χ1n) is 9.06. The van der Waals surface area contributed by atoms with Crippen LogP contribution < -0.4 is 5.43 Å². The third kappa shape index (κ3) is 5.07. The van der Waals surface area contributed by atoms with E-state index in [2.05, 4.69) is 39.8 Å². The van der Waals surface area contributed by atoms with Crippen molar-refractivity contribution in [1.29, 1.82) is 0 Å². The van der Waals surface area contributed by atoms with Crippen LogP contribution in [0.3, 0.4) is 0 Å². The SMILES string of the molecule is CCc1ccc(/C(C)=N\NC(=O)c2ccc(CSc3nncn3C)cc2)cc1. The molecule has 0 saturated carbocycles. The zero-order valence-corrected chi connectivity index (χ0v) is 17.0. The molecule has 1 aromatic heterocycles. The molecule has 0 spiro atoms. The van der Waals surface area contributed by atoms with Gasteiger partial charge in [-0.1, -0.05) is 55.1 Å². The summed E-state index contributed by atoms with van der Waals surface area (Å²) in [4.78, 5) is 12.3. The third-order valence-electron chi connectivity index (χ3n) is 4.36. The molecule has 1 heterocycles. The van der Waals surface area contributed by atoms with Gasteiger partial charge < -0.3 is 4.57 Å². The Hall–Kier alpha value is -2.93. The van der Waals surface area contributed by atoms with Crippen molar-refractivity contribution in [1.82, 2.24) is 20.2 Å². The van der Waals surface area contributed by atoms with Gasteiger partial charge in [-0.2, -0.15) is 5.10 Å². The van der Waals surface area contributed by atoms with Crippen molar-refractivity contribution in [2.75, 3.05) is 0 Å². The fraction of sp³-hybridized carbons (Fsp3) is 0.238. The predicted octanol–water partition coefficient (Wildman–Crippen LogP) is 3.82. The molecule has 2 aromatic carbocycles. The minimum atomic E-state index is -0.225. The first-order valence-corrected chi connectivity index (χ1v) is 10.0. The molecule has 0 unspecified atom stereocenters. The van der Waals surface area contributed by atoms with E-state index in [4.69, 9.17) is 0 Å². The standard InChI is InChI=1S/C21H23N5OS/c1-4-16-5-9-18(10-6-16)15(2)23-24-20(27)19-11-7-17(8-12-19)13-28-21-25-22-14-26(21)3/h5-12,14H,4,13H2,1-3H3,(H,24,27)/b23-15-. The van der Waals surface area contributed by atoms with E-state index in [1.165, 1.54) is 5.56 Å². The van der Waals surface area contributed by atoms with Crippen molar-refractivity contribution >= 4 is 23.4 Å². The molecule has 0 aliphatic rings. The summed E-state index contributed by atoms with van der Waals surface area (Å²) in [7, 11) is 1.91. The number of aryl methyl sites for hydroxylation is 2. The molecule has 0 fully saturated rings. The highest BCUT2D eigenvalue weighted by molar-refractivity contribution is 7.98. The average molecular weight is 394 g/mol. The van der Waals surface area contributed by atoms with Gasteiger partial charge in [-0.25, -0.2) is 5.43 Å². The number of nitrogens with zero attached hydrogens (tertiary/aromatic N) is 4.